The van der Waals surface area contributed by atoms with E-state index in [0.717, 1.165) is 16.3 Å². The third-order valence-corrected chi connectivity index (χ3v) is 7.51. The van der Waals surface area contributed by atoms with Gasteiger partial charge in [-0.15, -0.1) is 0 Å². The normalized spacial score (nSPS) is 19.6. The molecule has 4 aromatic rings. The molecule has 2 aliphatic carbocycles. The molecule has 0 unspecified atom stereocenters. The molecule has 1 spiro atoms. The number of fused-ring (bicyclic) bond motifs is 4. The zero-order chi connectivity index (χ0) is 24.6. The van der Waals surface area contributed by atoms with Crippen LogP contribution in [0.4, 0.5) is 5.69 Å². The maximum atomic E-state index is 14.6. The zero-order valence-electron chi connectivity index (χ0n) is 19.4. The number of Topliss-reactive ketones (excluding diaryl/α,β-unsaturated/α-hetero) is 2. The number of benzene rings is 4. The Bertz CT molecular complexity index is 1740. The summed E-state index contributed by atoms with van der Waals surface area (Å²) in [6, 6.07) is 27.8. The number of hydrogen-bond acceptors (Lipinski definition) is 4. The summed E-state index contributed by atoms with van der Waals surface area (Å²) in [6.07, 6.45) is 0. The van der Waals surface area contributed by atoms with Crippen LogP contribution in [0.1, 0.15) is 38.8 Å². The van der Waals surface area contributed by atoms with Crippen molar-refractivity contribution in [1.82, 2.24) is 5.32 Å². The van der Waals surface area contributed by atoms with E-state index in [4.69, 9.17) is 0 Å². The van der Waals surface area contributed by atoms with Crippen molar-refractivity contribution in [3.8, 4) is 0 Å². The Morgan fingerprint density at radius 3 is 2.22 bits per heavy atom. The smallest absolute Gasteiger partial charge is 0.255 e. The van der Waals surface area contributed by atoms with Gasteiger partial charge in [-0.1, -0.05) is 78.9 Å². The predicted molar refractivity (Wildman–Crippen MR) is 139 cm³/mol. The predicted octanol–water partition coefficient (Wildman–Crippen LogP) is 5.40. The minimum Gasteiger partial charge on any atom is -0.358 e. The maximum absolute atomic E-state index is 14.6. The molecular weight excluding hydrogens is 448 g/mol. The van der Waals surface area contributed by atoms with Crippen molar-refractivity contribution < 1.29 is 14.4 Å². The Morgan fingerprint density at radius 2 is 1.44 bits per heavy atom. The Morgan fingerprint density at radius 1 is 0.778 bits per heavy atom. The van der Waals surface area contributed by atoms with Crippen LogP contribution in [-0.2, 0) is 10.2 Å². The summed E-state index contributed by atoms with van der Waals surface area (Å²) in [6.45, 7) is 1.80. The summed E-state index contributed by atoms with van der Waals surface area (Å²) in [5, 5.41) is 8.00. The number of amides is 1. The van der Waals surface area contributed by atoms with Crippen molar-refractivity contribution in [2.45, 2.75) is 12.3 Å². The number of carbonyl (C=O) groups is 3. The summed E-state index contributed by atoms with van der Waals surface area (Å²) >= 11 is 0. The molecule has 3 aliphatic rings. The van der Waals surface area contributed by atoms with Gasteiger partial charge in [0.1, 0.15) is 5.41 Å². The van der Waals surface area contributed by atoms with Gasteiger partial charge in [0, 0.05) is 33.6 Å². The first-order chi connectivity index (χ1) is 17.5. The Hall–Kier alpha value is -4.77. The summed E-state index contributed by atoms with van der Waals surface area (Å²) in [4.78, 5) is 42.6. The molecule has 1 atom stereocenters. The van der Waals surface area contributed by atoms with Gasteiger partial charge < -0.3 is 10.6 Å². The van der Waals surface area contributed by atoms with Crippen LogP contribution >= 0.6 is 0 Å². The van der Waals surface area contributed by atoms with Crippen molar-refractivity contribution in [2.75, 3.05) is 5.32 Å². The molecule has 0 fully saturated rings. The van der Waals surface area contributed by atoms with Gasteiger partial charge in [0.05, 0.1) is 11.3 Å². The molecule has 5 heteroatoms. The second-order valence-corrected chi connectivity index (χ2v) is 9.36. The molecule has 7 rings (SSSR count). The fourth-order valence-corrected chi connectivity index (χ4v) is 6.14. The average molecular weight is 469 g/mol. The number of rotatable bonds is 2. The van der Waals surface area contributed by atoms with E-state index in [2.05, 4.69) is 10.6 Å². The monoisotopic (exact) mass is 468 g/mol. The molecule has 172 valence electrons. The van der Waals surface area contributed by atoms with Gasteiger partial charge in [-0.2, -0.15) is 0 Å². The van der Waals surface area contributed by atoms with E-state index in [1.807, 2.05) is 66.7 Å². The van der Waals surface area contributed by atoms with E-state index in [1.54, 1.807) is 31.2 Å². The summed E-state index contributed by atoms with van der Waals surface area (Å²) in [7, 11) is 0. The molecule has 36 heavy (non-hydrogen) atoms. The molecule has 1 amide bonds. The third-order valence-electron chi connectivity index (χ3n) is 7.51. The van der Waals surface area contributed by atoms with E-state index in [-0.39, 0.29) is 17.1 Å². The second kappa shape index (κ2) is 7.12. The maximum Gasteiger partial charge on any atom is 0.255 e. The molecule has 0 bridgehead atoms. The lowest BCUT2D eigenvalue weighted by atomic mass is 9.64. The molecule has 0 aromatic heterocycles. The summed E-state index contributed by atoms with van der Waals surface area (Å²) in [5.74, 6) is -0.898. The van der Waals surface area contributed by atoms with Gasteiger partial charge in [-0.3, -0.25) is 14.4 Å². The molecule has 1 heterocycles. The van der Waals surface area contributed by atoms with Crippen molar-refractivity contribution in [2.24, 2.45) is 0 Å². The van der Waals surface area contributed by atoms with Crippen molar-refractivity contribution in [3.05, 3.63) is 130 Å². The van der Waals surface area contributed by atoms with Crippen molar-refractivity contribution >= 4 is 39.6 Å². The first-order valence-electron chi connectivity index (χ1n) is 11.8. The van der Waals surface area contributed by atoms with Crippen LogP contribution in [0.3, 0.4) is 0 Å². The fraction of sp³-hybridized carbons (Fsp3) is 0.0645. The highest BCUT2D eigenvalue weighted by molar-refractivity contribution is 6.36. The van der Waals surface area contributed by atoms with Crippen LogP contribution < -0.4 is 10.6 Å². The minimum absolute atomic E-state index is 0.233. The number of nitrogens with one attached hydrogen (secondary N) is 2. The summed E-state index contributed by atoms with van der Waals surface area (Å²) < 4.78 is 0. The van der Waals surface area contributed by atoms with Gasteiger partial charge in [-0.25, -0.2) is 0 Å². The number of anilines is 1. The quantitative estimate of drug-likeness (QED) is 0.413. The van der Waals surface area contributed by atoms with Crippen LogP contribution in [0, 0.1) is 0 Å². The van der Waals surface area contributed by atoms with Gasteiger partial charge in [0.25, 0.3) is 5.91 Å². The largest absolute Gasteiger partial charge is 0.358 e. The SMILES string of the molecule is CC1=C(C(=O)Nc2ccccc2)[C@@]2(C(=O)c3cccc4cccc2c34)C2=C(N1)c1ccccc1C2=O. The molecule has 2 N–H and O–H groups in total. The highest BCUT2D eigenvalue weighted by Gasteiger charge is 2.61. The average Bonchev–Trinajstić information content (AvgIpc) is 3.31. The first-order valence-corrected chi connectivity index (χ1v) is 11.8. The van der Waals surface area contributed by atoms with Gasteiger partial charge in [-0.05, 0) is 35.4 Å². The van der Waals surface area contributed by atoms with Crippen LogP contribution in [0.2, 0.25) is 0 Å². The molecule has 0 saturated carbocycles. The topological polar surface area (TPSA) is 75.3 Å². The van der Waals surface area contributed by atoms with Crippen LogP contribution in [-0.4, -0.2) is 17.5 Å². The van der Waals surface area contributed by atoms with E-state index in [9.17, 15) is 14.4 Å². The Kier molecular flexibility index (Phi) is 4.07. The molecule has 0 saturated heterocycles. The molecular formula is C31H20N2O3. The number of hydrogen-bond donors (Lipinski definition) is 2. The molecule has 4 aromatic carbocycles. The number of carbonyl (C=O) groups excluding carboxylic acids is 3. The lowest BCUT2D eigenvalue weighted by molar-refractivity contribution is -0.113. The van der Waals surface area contributed by atoms with Crippen LogP contribution in [0.25, 0.3) is 16.5 Å². The minimum atomic E-state index is -1.55. The Balaban J connectivity index is 1.55. The van der Waals surface area contributed by atoms with Crippen LogP contribution in [0.5, 0.6) is 0 Å². The van der Waals surface area contributed by atoms with E-state index >= 15 is 0 Å². The van der Waals surface area contributed by atoms with Gasteiger partial charge in [0.15, 0.2) is 11.6 Å². The molecule has 5 nitrogen and oxygen atoms in total. The molecule has 1 aliphatic heterocycles. The van der Waals surface area contributed by atoms with E-state index in [0.29, 0.717) is 39.3 Å². The second-order valence-electron chi connectivity index (χ2n) is 9.36. The molecule has 0 radical (unpaired) electrons. The standard InChI is InChI=1S/C31H20N2O3/c1-17-25(30(36)33-19-11-3-2-4-12-19)31(26-27(32-17)20-13-5-6-14-21(20)28(26)34)23-16-8-10-18-9-7-15-22(24(18)23)29(31)35/h2-16,32H,1H3,(H,33,36)/t31-/m1/s1. The first kappa shape index (κ1) is 20.6. The van der Waals surface area contributed by atoms with Crippen molar-refractivity contribution in [3.63, 3.8) is 0 Å². The highest BCUT2D eigenvalue weighted by Crippen LogP contribution is 2.57. The number of ketones is 2. The summed E-state index contributed by atoms with van der Waals surface area (Å²) in [5.41, 5.74) is 3.25. The highest BCUT2D eigenvalue weighted by atomic mass is 16.2. The lowest BCUT2D eigenvalue weighted by Gasteiger charge is -2.38. The number of allylic oxidation sites excluding steroid dienone is 2. The zero-order valence-corrected chi connectivity index (χ0v) is 19.4. The number of para-hydroxylation sites is 1. The lowest BCUT2D eigenvalue weighted by Crippen LogP contribution is -2.47. The number of dihydropyridines is 1. The van der Waals surface area contributed by atoms with Crippen LogP contribution in [0.15, 0.2) is 108 Å². The fourth-order valence-electron chi connectivity index (χ4n) is 6.14. The van der Waals surface area contributed by atoms with Crippen molar-refractivity contribution in [1.29, 1.82) is 0 Å². The van der Waals surface area contributed by atoms with E-state index in [1.165, 1.54) is 0 Å². The van der Waals surface area contributed by atoms with E-state index < -0.39 is 11.3 Å². The third kappa shape index (κ3) is 2.41. The Labute approximate surface area is 207 Å². The van der Waals surface area contributed by atoms with Gasteiger partial charge >= 0.3 is 0 Å². The van der Waals surface area contributed by atoms with Gasteiger partial charge in [0.2, 0.25) is 0 Å².